The molecule has 6 nitrogen and oxygen atoms in total. The summed E-state index contributed by atoms with van der Waals surface area (Å²) >= 11 is 6.09. The first-order valence-electron chi connectivity index (χ1n) is 9.36. The van der Waals surface area contributed by atoms with Crippen LogP contribution >= 0.6 is 11.6 Å². The summed E-state index contributed by atoms with van der Waals surface area (Å²) in [5, 5.41) is 5.71. The molecular formula is C22H26ClN3O3. The summed E-state index contributed by atoms with van der Waals surface area (Å²) in [4.78, 5) is 38.8. The SMILES string of the molecule is CNC(=O)c1ccc(CN(C)C(=O)[C@@H](NC(=O)c2ccccc2Cl)C(C)C)cc1. The summed E-state index contributed by atoms with van der Waals surface area (Å²) in [5.41, 5.74) is 1.77. The van der Waals surface area contributed by atoms with Crippen molar-refractivity contribution in [1.29, 1.82) is 0 Å². The van der Waals surface area contributed by atoms with Crippen LogP contribution in [-0.4, -0.2) is 42.8 Å². The molecule has 0 unspecified atom stereocenters. The number of nitrogens with one attached hydrogen (secondary N) is 2. The van der Waals surface area contributed by atoms with Crippen LogP contribution < -0.4 is 10.6 Å². The Morgan fingerprint density at radius 2 is 1.62 bits per heavy atom. The highest BCUT2D eigenvalue weighted by Crippen LogP contribution is 2.16. The number of hydrogen-bond acceptors (Lipinski definition) is 3. The molecule has 0 saturated heterocycles. The van der Waals surface area contributed by atoms with E-state index in [9.17, 15) is 14.4 Å². The molecule has 0 bridgehead atoms. The average molecular weight is 416 g/mol. The molecule has 0 fully saturated rings. The maximum atomic E-state index is 13.0. The lowest BCUT2D eigenvalue weighted by atomic mass is 10.0. The van der Waals surface area contributed by atoms with Crippen molar-refractivity contribution in [2.45, 2.75) is 26.4 Å². The molecular weight excluding hydrogens is 390 g/mol. The summed E-state index contributed by atoms with van der Waals surface area (Å²) < 4.78 is 0. The van der Waals surface area contributed by atoms with Crippen molar-refractivity contribution in [2.75, 3.05) is 14.1 Å². The average Bonchev–Trinajstić information content (AvgIpc) is 2.71. The number of hydrogen-bond donors (Lipinski definition) is 2. The molecule has 2 aromatic rings. The lowest BCUT2D eigenvalue weighted by molar-refractivity contribution is -0.133. The van der Waals surface area contributed by atoms with Gasteiger partial charge < -0.3 is 15.5 Å². The van der Waals surface area contributed by atoms with Crippen LogP contribution in [0.1, 0.15) is 40.1 Å². The molecule has 0 heterocycles. The summed E-state index contributed by atoms with van der Waals surface area (Å²) in [6.07, 6.45) is 0. The number of benzene rings is 2. The minimum atomic E-state index is -0.686. The second-order valence-electron chi connectivity index (χ2n) is 7.15. The van der Waals surface area contributed by atoms with E-state index in [4.69, 9.17) is 11.6 Å². The Morgan fingerprint density at radius 3 is 2.17 bits per heavy atom. The van der Waals surface area contributed by atoms with E-state index >= 15 is 0 Å². The molecule has 0 radical (unpaired) electrons. The minimum Gasteiger partial charge on any atom is -0.355 e. The first-order chi connectivity index (χ1) is 13.7. The Hall–Kier alpha value is -2.86. The molecule has 2 rings (SSSR count). The van der Waals surface area contributed by atoms with Crippen LogP contribution in [0.4, 0.5) is 0 Å². The fraction of sp³-hybridized carbons (Fsp3) is 0.318. The van der Waals surface area contributed by atoms with Gasteiger partial charge in [-0.25, -0.2) is 0 Å². The highest BCUT2D eigenvalue weighted by atomic mass is 35.5. The molecule has 1 atom stereocenters. The predicted octanol–water partition coefficient (Wildman–Crippen LogP) is 3.11. The highest BCUT2D eigenvalue weighted by Gasteiger charge is 2.28. The molecule has 29 heavy (non-hydrogen) atoms. The van der Waals surface area contributed by atoms with E-state index in [1.54, 1.807) is 67.5 Å². The molecule has 0 aliphatic rings. The maximum absolute atomic E-state index is 13.0. The summed E-state index contributed by atoms with van der Waals surface area (Å²) in [7, 11) is 3.26. The third-order valence-electron chi connectivity index (χ3n) is 4.58. The van der Waals surface area contributed by atoms with Crippen LogP contribution in [0.25, 0.3) is 0 Å². The van der Waals surface area contributed by atoms with Gasteiger partial charge in [0, 0.05) is 26.2 Å². The van der Waals surface area contributed by atoms with Gasteiger partial charge in [-0.15, -0.1) is 0 Å². The predicted molar refractivity (Wildman–Crippen MR) is 114 cm³/mol. The van der Waals surface area contributed by atoms with Gasteiger partial charge in [-0.05, 0) is 35.7 Å². The van der Waals surface area contributed by atoms with Gasteiger partial charge in [-0.2, -0.15) is 0 Å². The first kappa shape index (κ1) is 22.4. The third-order valence-corrected chi connectivity index (χ3v) is 4.91. The molecule has 2 aromatic carbocycles. The number of nitrogens with zero attached hydrogens (tertiary/aromatic N) is 1. The van der Waals surface area contributed by atoms with Gasteiger partial charge >= 0.3 is 0 Å². The van der Waals surface area contributed by atoms with E-state index in [0.717, 1.165) is 5.56 Å². The van der Waals surface area contributed by atoms with Gasteiger partial charge in [0.25, 0.3) is 11.8 Å². The van der Waals surface area contributed by atoms with Gasteiger partial charge in [0.1, 0.15) is 6.04 Å². The second kappa shape index (κ2) is 10.1. The molecule has 0 aromatic heterocycles. The van der Waals surface area contributed by atoms with E-state index in [0.29, 0.717) is 22.7 Å². The first-order valence-corrected chi connectivity index (χ1v) is 9.73. The lowest BCUT2D eigenvalue weighted by Crippen LogP contribution is -2.50. The molecule has 0 saturated carbocycles. The number of carbonyl (C=O) groups excluding carboxylic acids is 3. The Balaban J connectivity index is 2.08. The van der Waals surface area contributed by atoms with Crippen molar-refractivity contribution in [3.05, 3.63) is 70.2 Å². The van der Waals surface area contributed by atoms with Crippen molar-refractivity contribution in [3.63, 3.8) is 0 Å². The van der Waals surface area contributed by atoms with E-state index in [1.165, 1.54) is 0 Å². The molecule has 0 aliphatic heterocycles. The van der Waals surface area contributed by atoms with Gasteiger partial charge in [0.15, 0.2) is 0 Å². The minimum absolute atomic E-state index is 0.105. The molecule has 154 valence electrons. The quantitative estimate of drug-likeness (QED) is 0.729. The maximum Gasteiger partial charge on any atom is 0.253 e. The van der Waals surface area contributed by atoms with Crippen molar-refractivity contribution >= 4 is 29.3 Å². The van der Waals surface area contributed by atoms with Crippen LogP contribution in [0.5, 0.6) is 0 Å². The van der Waals surface area contributed by atoms with Gasteiger partial charge in [-0.3, -0.25) is 14.4 Å². The number of rotatable bonds is 7. The molecule has 7 heteroatoms. The van der Waals surface area contributed by atoms with Crippen molar-refractivity contribution in [3.8, 4) is 0 Å². The lowest BCUT2D eigenvalue weighted by Gasteiger charge is -2.27. The van der Waals surface area contributed by atoms with Crippen molar-refractivity contribution < 1.29 is 14.4 Å². The number of amides is 3. The van der Waals surface area contributed by atoms with Gasteiger partial charge in [0.05, 0.1) is 10.6 Å². The zero-order valence-corrected chi connectivity index (χ0v) is 17.8. The molecule has 2 N–H and O–H groups in total. The molecule has 3 amide bonds. The second-order valence-corrected chi connectivity index (χ2v) is 7.55. The highest BCUT2D eigenvalue weighted by molar-refractivity contribution is 6.33. The standard InChI is InChI=1S/C22H26ClN3O3/c1-14(2)19(25-21(28)17-7-5-6-8-18(17)23)22(29)26(4)13-15-9-11-16(12-10-15)20(27)24-3/h5-12,14,19H,13H2,1-4H3,(H,24,27)(H,25,28)/t19-/m0/s1. The van der Waals surface area contributed by atoms with Crippen molar-refractivity contribution in [2.24, 2.45) is 5.92 Å². The summed E-state index contributed by atoms with van der Waals surface area (Å²) in [5.74, 6) is -0.850. The Bertz CT molecular complexity index is 881. The Kier molecular flexibility index (Phi) is 7.79. The largest absolute Gasteiger partial charge is 0.355 e. The van der Waals surface area contributed by atoms with Crippen LogP contribution in [0.2, 0.25) is 5.02 Å². The zero-order valence-electron chi connectivity index (χ0n) is 17.0. The zero-order chi connectivity index (χ0) is 21.6. The van der Waals surface area contributed by atoms with E-state index in [1.807, 2.05) is 13.8 Å². The monoisotopic (exact) mass is 415 g/mol. The normalized spacial score (nSPS) is 11.7. The summed E-state index contributed by atoms with van der Waals surface area (Å²) in [6, 6.07) is 13.1. The van der Waals surface area contributed by atoms with E-state index < -0.39 is 6.04 Å². The van der Waals surface area contributed by atoms with Gasteiger partial charge in [0.2, 0.25) is 5.91 Å². The topological polar surface area (TPSA) is 78.5 Å². The fourth-order valence-corrected chi connectivity index (χ4v) is 3.09. The van der Waals surface area contributed by atoms with Crippen LogP contribution in [-0.2, 0) is 11.3 Å². The third kappa shape index (κ3) is 5.81. The van der Waals surface area contributed by atoms with Crippen LogP contribution in [0.3, 0.4) is 0 Å². The van der Waals surface area contributed by atoms with Crippen molar-refractivity contribution in [1.82, 2.24) is 15.5 Å². The van der Waals surface area contributed by atoms with E-state index in [-0.39, 0.29) is 23.6 Å². The molecule has 0 aliphatic carbocycles. The summed E-state index contributed by atoms with van der Waals surface area (Å²) in [6.45, 7) is 4.11. The Morgan fingerprint density at radius 1 is 1.00 bits per heavy atom. The van der Waals surface area contributed by atoms with Crippen LogP contribution in [0.15, 0.2) is 48.5 Å². The van der Waals surface area contributed by atoms with E-state index in [2.05, 4.69) is 10.6 Å². The smallest absolute Gasteiger partial charge is 0.253 e. The fourth-order valence-electron chi connectivity index (χ4n) is 2.87. The van der Waals surface area contributed by atoms with Gasteiger partial charge in [-0.1, -0.05) is 49.7 Å². The molecule has 0 spiro atoms. The van der Waals surface area contributed by atoms with Crippen LogP contribution in [0, 0.1) is 5.92 Å². The number of halogens is 1. The number of carbonyl (C=O) groups is 3. The Labute approximate surface area is 176 Å². The number of likely N-dealkylation sites (N-methyl/N-ethyl adjacent to an activating group) is 1.